The van der Waals surface area contributed by atoms with Crippen molar-refractivity contribution in [3.05, 3.63) is 58.3 Å². The largest absolute Gasteiger partial charge is 0.348 e. The highest BCUT2D eigenvalue weighted by Gasteiger charge is 2.17. The molecule has 1 aromatic rings. The fourth-order valence-corrected chi connectivity index (χ4v) is 2.72. The van der Waals surface area contributed by atoms with Crippen molar-refractivity contribution in [1.82, 2.24) is 5.32 Å². The first-order chi connectivity index (χ1) is 10.2. The summed E-state index contributed by atoms with van der Waals surface area (Å²) in [5.41, 5.74) is 2.29. The molecule has 0 aliphatic carbocycles. The SMILES string of the molecule is O=C(NCc1ccc(F)cc1)C1=CSC2=NCN=CC2=C1. The monoisotopic (exact) mass is 301 g/mol. The van der Waals surface area contributed by atoms with Gasteiger partial charge in [-0.05, 0) is 29.2 Å². The number of carbonyl (C=O) groups is 1. The first-order valence-electron chi connectivity index (χ1n) is 6.38. The van der Waals surface area contributed by atoms with E-state index in [9.17, 15) is 9.18 Å². The number of hydrogen-bond acceptors (Lipinski definition) is 4. The zero-order valence-corrected chi connectivity index (χ0v) is 11.9. The molecule has 1 amide bonds. The van der Waals surface area contributed by atoms with Gasteiger partial charge in [0.25, 0.3) is 5.91 Å². The van der Waals surface area contributed by atoms with E-state index in [1.165, 1.54) is 23.9 Å². The summed E-state index contributed by atoms with van der Waals surface area (Å²) < 4.78 is 12.8. The summed E-state index contributed by atoms with van der Waals surface area (Å²) in [6.07, 6.45) is 3.51. The number of aliphatic imine (C=N–C) groups is 2. The fraction of sp³-hybridized carbons (Fsp3) is 0.133. The molecular weight excluding hydrogens is 289 g/mol. The summed E-state index contributed by atoms with van der Waals surface area (Å²) >= 11 is 1.43. The van der Waals surface area contributed by atoms with Crippen LogP contribution in [0.5, 0.6) is 0 Å². The van der Waals surface area contributed by atoms with Crippen molar-refractivity contribution < 1.29 is 9.18 Å². The lowest BCUT2D eigenvalue weighted by Crippen LogP contribution is -2.25. The maximum absolute atomic E-state index is 12.8. The van der Waals surface area contributed by atoms with E-state index in [1.54, 1.807) is 29.8 Å². The number of rotatable bonds is 3. The van der Waals surface area contributed by atoms with Crippen LogP contribution in [0.2, 0.25) is 0 Å². The Bertz CT molecular complexity index is 689. The van der Waals surface area contributed by atoms with Crippen LogP contribution in [-0.4, -0.2) is 23.8 Å². The van der Waals surface area contributed by atoms with Gasteiger partial charge in [-0.25, -0.2) is 4.39 Å². The van der Waals surface area contributed by atoms with E-state index in [2.05, 4.69) is 15.3 Å². The number of carbonyl (C=O) groups excluding carboxylic acids is 1. The summed E-state index contributed by atoms with van der Waals surface area (Å²) in [6, 6.07) is 6.05. The van der Waals surface area contributed by atoms with Crippen molar-refractivity contribution >= 4 is 28.9 Å². The van der Waals surface area contributed by atoms with Gasteiger partial charge in [0.15, 0.2) is 0 Å². The maximum Gasteiger partial charge on any atom is 0.252 e. The van der Waals surface area contributed by atoms with Gasteiger partial charge in [-0.2, -0.15) is 0 Å². The zero-order valence-electron chi connectivity index (χ0n) is 11.0. The van der Waals surface area contributed by atoms with Crippen LogP contribution in [0.3, 0.4) is 0 Å². The van der Waals surface area contributed by atoms with Crippen LogP contribution in [0, 0.1) is 5.82 Å². The van der Waals surface area contributed by atoms with Crippen LogP contribution in [0.1, 0.15) is 5.56 Å². The number of halogens is 1. The van der Waals surface area contributed by atoms with E-state index in [0.717, 1.165) is 16.2 Å². The van der Waals surface area contributed by atoms with Crippen LogP contribution < -0.4 is 5.32 Å². The Morgan fingerprint density at radius 1 is 1.33 bits per heavy atom. The van der Waals surface area contributed by atoms with Gasteiger partial charge in [0.1, 0.15) is 17.5 Å². The number of nitrogens with zero attached hydrogens (tertiary/aromatic N) is 2. The molecule has 0 unspecified atom stereocenters. The summed E-state index contributed by atoms with van der Waals surface area (Å²) in [5.74, 6) is -0.457. The minimum atomic E-state index is -0.287. The Kier molecular flexibility index (Phi) is 3.96. The number of amides is 1. The molecule has 106 valence electrons. The summed E-state index contributed by atoms with van der Waals surface area (Å²) in [5, 5.41) is 5.48. The first kappa shape index (κ1) is 13.8. The molecule has 1 N–H and O–H groups in total. The quantitative estimate of drug-likeness (QED) is 0.932. The first-order valence-corrected chi connectivity index (χ1v) is 7.26. The van der Waals surface area contributed by atoms with E-state index in [0.29, 0.717) is 18.8 Å². The topological polar surface area (TPSA) is 53.8 Å². The molecule has 0 spiro atoms. The van der Waals surface area contributed by atoms with Gasteiger partial charge < -0.3 is 5.32 Å². The highest BCUT2D eigenvalue weighted by Crippen LogP contribution is 2.24. The maximum atomic E-state index is 12.8. The van der Waals surface area contributed by atoms with Crippen LogP contribution in [0.4, 0.5) is 4.39 Å². The van der Waals surface area contributed by atoms with Gasteiger partial charge in [0.2, 0.25) is 0 Å². The second-order valence-electron chi connectivity index (χ2n) is 4.52. The van der Waals surface area contributed by atoms with Gasteiger partial charge >= 0.3 is 0 Å². The van der Waals surface area contributed by atoms with Gasteiger partial charge in [0, 0.05) is 23.9 Å². The van der Waals surface area contributed by atoms with Crippen molar-refractivity contribution in [2.75, 3.05) is 6.67 Å². The molecule has 21 heavy (non-hydrogen) atoms. The van der Waals surface area contributed by atoms with Crippen LogP contribution >= 0.6 is 11.8 Å². The molecule has 0 saturated heterocycles. The molecule has 3 rings (SSSR count). The Morgan fingerprint density at radius 3 is 2.95 bits per heavy atom. The smallest absolute Gasteiger partial charge is 0.252 e. The summed E-state index contributed by atoms with van der Waals surface area (Å²) in [4.78, 5) is 20.4. The third-order valence-electron chi connectivity index (χ3n) is 3.01. The molecule has 2 heterocycles. The average Bonchev–Trinajstić information content (AvgIpc) is 2.53. The minimum Gasteiger partial charge on any atom is -0.348 e. The Labute approximate surface area is 125 Å². The molecule has 1 aromatic carbocycles. The van der Waals surface area contributed by atoms with Crippen molar-refractivity contribution in [3.63, 3.8) is 0 Å². The number of hydrogen-bond donors (Lipinski definition) is 1. The molecule has 0 saturated carbocycles. The summed E-state index contributed by atoms with van der Waals surface area (Å²) in [6.45, 7) is 0.805. The van der Waals surface area contributed by atoms with E-state index in [1.807, 2.05) is 0 Å². The molecule has 0 aromatic heterocycles. The standard InChI is InChI=1S/C15H12FN3OS/c16-13-3-1-10(2-4-13)6-18-14(20)12-5-11-7-17-9-19-15(11)21-8-12/h1-5,7-8H,6,9H2,(H,18,20). The third-order valence-corrected chi connectivity index (χ3v) is 3.97. The molecule has 0 fully saturated rings. The second kappa shape index (κ2) is 6.05. The van der Waals surface area contributed by atoms with Crippen molar-refractivity contribution in [3.8, 4) is 0 Å². The molecule has 4 nitrogen and oxygen atoms in total. The number of benzene rings is 1. The van der Waals surface area contributed by atoms with E-state index in [4.69, 9.17) is 0 Å². The number of nitrogens with one attached hydrogen (secondary N) is 1. The molecule has 0 radical (unpaired) electrons. The number of thioether (sulfide) groups is 1. The van der Waals surface area contributed by atoms with Crippen molar-refractivity contribution in [2.45, 2.75) is 6.54 Å². The van der Waals surface area contributed by atoms with Gasteiger partial charge in [0.05, 0.1) is 0 Å². The lowest BCUT2D eigenvalue weighted by Gasteiger charge is -2.15. The van der Waals surface area contributed by atoms with Gasteiger partial charge in [-0.15, -0.1) is 0 Å². The van der Waals surface area contributed by atoms with Gasteiger partial charge in [-0.1, -0.05) is 23.9 Å². The van der Waals surface area contributed by atoms with E-state index < -0.39 is 0 Å². The van der Waals surface area contributed by atoms with Crippen LogP contribution in [0.15, 0.2) is 56.9 Å². The molecule has 0 bridgehead atoms. The highest BCUT2D eigenvalue weighted by atomic mass is 32.2. The average molecular weight is 301 g/mol. The zero-order chi connectivity index (χ0) is 14.7. The van der Waals surface area contributed by atoms with Crippen molar-refractivity contribution in [1.29, 1.82) is 0 Å². The second-order valence-corrected chi connectivity index (χ2v) is 5.37. The predicted molar refractivity (Wildman–Crippen MR) is 82.8 cm³/mol. The normalized spacial score (nSPS) is 16.5. The summed E-state index contributed by atoms with van der Waals surface area (Å²) in [7, 11) is 0. The number of fused-ring (bicyclic) bond motifs is 1. The lowest BCUT2D eigenvalue weighted by molar-refractivity contribution is -0.117. The Hall–Kier alpha value is -2.21. The molecular formula is C15H12FN3OS. The van der Waals surface area contributed by atoms with Crippen LogP contribution in [0.25, 0.3) is 0 Å². The highest BCUT2D eigenvalue weighted by molar-refractivity contribution is 8.17. The van der Waals surface area contributed by atoms with Crippen molar-refractivity contribution in [2.24, 2.45) is 9.98 Å². The Morgan fingerprint density at radius 2 is 2.14 bits per heavy atom. The third kappa shape index (κ3) is 3.28. The molecule has 2 aliphatic heterocycles. The predicted octanol–water partition coefficient (Wildman–Crippen LogP) is 2.44. The Balaban J connectivity index is 1.64. The minimum absolute atomic E-state index is 0.169. The molecule has 2 aliphatic rings. The van der Waals surface area contributed by atoms with E-state index >= 15 is 0 Å². The van der Waals surface area contributed by atoms with E-state index in [-0.39, 0.29) is 11.7 Å². The fourth-order valence-electron chi connectivity index (χ4n) is 1.92. The lowest BCUT2D eigenvalue weighted by atomic mass is 10.1. The molecule has 0 atom stereocenters. The van der Waals surface area contributed by atoms with Gasteiger partial charge in [-0.3, -0.25) is 14.8 Å². The molecule has 6 heteroatoms. The van der Waals surface area contributed by atoms with Crippen LogP contribution in [-0.2, 0) is 11.3 Å².